The van der Waals surface area contributed by atoms with Crippen molar-refractivity contribution in [2.24, 2.45) is 0 Å². The predicted molar refractivity (Wildman–Crippen MR) is 95.5 cm³/mol. The number of amides is 1. The van der Waals surface area contributed by atoms with Crippen molar-refractivity contribution < 1.29 is 24.5 Å². The third-order valence-electron chi connectivity index (χ3n) is 4.48. The Balaban J connectivity index is 1.70. The fourth-order valence-electron chi connectivity index (χ4n) is 3.18. The van der Waals surface area contributed by atoms with Crippen LogP contribution in [0.25, 0.3) is 10.9 Å². The van der Waals surface area contributed by atoms with Gasteiger partial charge >= 0.3 is 6.09 Å². The summed E-state index contributed by atoms with van der Waals surface area (Å²) in [6, 6.07) is 7.40. The van der Waals surface area contributed by atoms with E-state index in [2.05, 4.69) is 15.2 Å². The number of morpholine rings is 1. The van der Waals surface area contributed by atoms with E-state index < -0.39 is 12.2 Å². The van der Waals surface area contributed by atoms with E-state index in [1.807, 2.05) is 24.3 Å². The van der Waals surface area contributed by atoms with Gasteiger partial charge in [0.1, 0.15) is 5.75 Å². The fraction of sp³-hybridized carbons (Fsp3) is 0.444. The van der Waals surface area contributed by atoms with Crippen LogP contribution in [0.4, 0.5) is 4.79 Å². The Labute approximate surface area is 151 Å². The van der Waals surface area contributed by atoms with Crippen molar-refractivity contribution in [3.63, 3.8) is 0 Å². The number of carbonyl (C=O) groups is 1. The van der Waals surface area contributed by atoms with Crippen LogP contribution in [-0.4, -0.2) is 72.2 Å². The minimum absolute atomic E-state index is 0.221. The normalized spacial score (nSPS) is 19.2. The number of methoxy groups -OCH3 is 1. The zero-order chi connectivity index (χ0) is 18.5. The summed E-state index contributed by atoms with van der Waals surface area (Å²) in [5.74, 6) is 0.713. The number of nitrogens with zero attached hydrogens (tertiary/aromatic N) is 2. The number of β-amino-alcohol motifs (C(OH)–C–C–N with tert-alkyl or cyclic N) is 1. The van der Waals surface area contributed by atoms with Crippen LogP contribution in [0, 0.1) is 0 Å². The lowest BCUT2D eigenvalue weighted by molar-refractivity contribution is -0.0388. The van der Waals surface area contributed by atoms with E-state index in [1.54, 1.807) is 13.3 Å². The van der Waals surface area contributed by atoms with Crippen molar-refractivity contribution in [1.82, 2.24) is 15.2 Å². The van der Waals surface area contributed by atoms with Gasteiger partial charge in [0.2, 0.25) is 0 Å². The van der Waals surface area contributed by atoms with Gasteiger partial charge in [-0.3, -0.25) is 9.88 Å². The van der Waals surface area contributed by atoms with Crippen LogP contribution in [-0.2, 0) is 4.74 Å². The molecule has 1 aliphatic heterocycles. The van der Waals surface area contributed by atoms with Crippen molar-refractivity contribution in [3.05, 3.63) is 36.0 Å². The zero-order valence-electron chi connectivity index (χ0n) is 14.6. The second-order valence-electron chi connectivity index (χ2n) is 6.24. The number of pyridine rings is 1. The summed E-state index contributed by atoms with van der Waals surface area (Å²) in [5.41, 5.74) is 1.59. The maximum Gasteiger partial charge on any atom is 0.404 e. The zero-order valence-corrected chi connectivity index (χ0v) is 14.6. The third-order valence-corrected chi connectivity index (χ3v) is 4.48. The van der Waals surface area contributed by atoms with Gasteiger partial charge in [-0.2, -0.15) is 0 Å². The van der Waals surface area contributed by atoms with E-state index >= 15 is 0 Å². The highest BCUT2D eigenvalue weighted by Crippen LogP contribution is 2.27. The molecule has 2 heterocycles. The molecule has 0 saturated carbocycles. The first-order valence-electron chi connectivity index (χ1n) is 8.48. The van der Waals surface area contributed by atoms with Gasteiger partial charge in [-0.25, -0.2) is 4.79 Å². The molecule has 1 amide bonds. The van der Waals surface area contributed by atoms with Gasteiger partial charge in [-0.1, -0.05) is 0 Å². The van der Waals surface area contributed by atoms with Gasteiger partial charge in [0, 0.05) is 37.8 Å². The van der Waals surface area contributed by atoms with Crippen LogP contribution >= 0.6 is 0 Å². The molecule has 8 nitrogen and oxygen atoms in total. The van der Waals surface area contributed by atoms with E-state index in [9.17, 15) is 9.90 Å². The SMILES string of the molecule is COc1ccc2nccc(C(O)CN3CCOC(CNC(=O)O)C3)c2c1. The lowest BCUT2D eigenvalue weighted by Crippen LogP contribution is -2.48. The van der Waals surface area contributed by atoms with Gasteiger partial charge in [0.15, 0.2) is 0 Å². The molecule has 2 unspecified atom stereocenters. The molecular formula is C18H23N3O5. The molecule has 8 heteroatoms. The second-order valence-corrected chi connectivity index (χ2v) is 6.24. The lowest BCUT2D eigenvalue weighted by Gasteiger charge is -2.34. The maximum atomic E-state index is 10.8. The van der Waals surface area contributed by atoms with Crippen molar-refractivity contribution in [2.45, 2.75) is 12.2 Å². The minimum atomic E-state index is -1.07. The lowest BCUT2D eigenvalue weighted by atomic mass is 10.0. The molecule has 1 aromatic carbocycles. The van der Waals surface area contributed by atoms with Gasteiger partial charge in [-0.05, 0) is 29.8 Å². The molecule has 2 aromatic rings. The number of hydrogen-bond donors (Lipinski definition) is 3. The van der Waals surface area contributed by atoms with Crippen LogP contribution in [0.5, 0.6) is 5.75 Å². The van der Waals surface area contributed by atoms with E-state index in [0.29, 0.717) is 32.0 Å². The molecular weight excluding hydrogens is 338 g/mol. The number of benzene rings is 1. The number of carboxylic acid groups (broad SMARTS) is 1. The van der Waals surface area contributed by atoms with Crippen LogP contribution in [0.1, 0.15) is 11.7 Å². The van der Waals surface area contributed by atoms with E-state index in [4.69, 9.17) is 14.6 Å². The molecule has 1 aliphatic rings. The highest BCUT2D eigenvalue weighted by atomic mass is 16.5. The Kier molecular flexibility index (Phi) is 5.87. The summed E-state index contributed by atoms with van der Waals surface area (Å²) in [6.45, 7) is 2.42. The van der Waals surface area contributed by atoms with Crippen LogP contribution in [0.3, 0.4) is 0 Å². The molecule has 3 rings (SSSR count). The van der Waals surface area contributed by atoms with Crippen molar-refractivity contribution in [3.8, 4) is 5.75 Å². The highest BCUT2D eigenvalue weighted by molar-refractivity contribution is 5.83. The molecule has 3 N–H and O–H groups in total. The Hall–Kier alpha value is -2.42. The molecule has 0 spiro atoms. The average molecular weight is 361 g/mol. The number of aliphatic hydroxyl groups is 1. The smallest absolute Gasteiger partial charge is 0.404 e. The van der Waals surface area contributed by atoms with Crippen molar-refractivity contribution in [1.29, 1.82) is 0 Å². The number of nitrogens with one attached hydrogen (secondary N) is 1. The number of ether oxygens (including phenoxy) is 2. The average Bonchev–Trinajstić information content (AvgIpc) is 2.65. The maximum absolute atomic E-state index is 10.8. The number of rotatable bonds is 6. The number of aromatic nitrogens is 1. The summed E-state index contributed by atoms with van der Waals surface area (Å²) in [4.78, 5) is 17.0. The van der Waals surface area contributed by atoms with Crippen LogP contribution in [0.2, 0.25) is 0 Å². The standard InChI is InChI=1S/C18H23N3O5/c1-25-12-2-3-16-15(8-12)14(4-5-19-16)17(22)11-21-6-7-26-13(10-21)9-20-18(23)24/h2-5,8,13,17,20,22H,6-7,9-11H2,1H3,(H,23,24). The van der Waals surface area contributed by atoms with Crippen LogP contribution < -0.4 is 10.1 Å². The molecule has 1 fully saturated rings. The topological polar surface area (TPSA) is 104 Å². The number of hydrogen-bond acceptors (Lipinski definition) is 6. The van der Waals surface area contributed by atoms with E-state index in [0.717, 1.165) is 16.5 Å². The third kappa shape index (κ3) is 4.40. The summed E-state index contributed by atoms with van der Waals surface area (Å²) >= 11 is 0. The second kappa shape index (κ2) is 8.31. The van der Waals surface area contributed by atoms with Gasteiger partial charge in [-0.15, -0.1) is 0 Å². The molecule has 1 saturated heterocycles. The summed E-state index contributed by atoms with van der Waals surface area (Å²) in [5, 5.41) is 22.7. The summed E-state index contributed by atoms with van der Waals surface area (Å²) in [6.07, 6.45) is -0.296. The van der Waals surface area contributed by atoms with E-state index in [-0.39, 0.29) is 12.6 Å². The highest BCUT2D eigenvalue weighted by Gasteiger charge is 2.24. The fourth-order valence-corrected chi connectivity index (χ4v) is 3.18. The molecule has 1 aromatic heterocycles. The molecule has 0 radical (unpaired) electrons. The first kappa shape index (κ1) is 18.4. The molecule has 26 heavy (non-hydrogen) atoms. The summed E-state index contributed by atoms with van der Waals surface area (Å²) in [7, 11) is 1.60. The minimum Gasteiger partial charge on any atom is -0.497 e. The largest absolute Gasteiger partial charge is 0.497 e. The predicted octanol–water partition coefficient (Wildman–Crippen LogP) is 1.25. The monoisotopic (exact) mass is 361 g/mol. The number of aliphatic hydroxyl groups excluding tert-OH is 1. The van der Waals surface area contributed by atoms with Crippen molar-refractivity contribution >= 4 is 17.0 Å². The quantitative estimate of drug-likeness (QED) is 0.711. The molecule has 2 atom stereocenters. The van der Waals surface area contributed by atoms with Crippen LogP contribution in [0.15, 0.2) is 30.5 Å². The van der Waals surface area contributed by atoms with E-state index in [1.165, 1.54) is 0 Å². The Morgan fingerprint density at radius 2 is 2.35 bits per heavy atom. The van der Waals surface area contributed by atoms with Crippen molar-refractivity contribution in [2.75, 3.05) is 39.9 Å². The first-order valence-corrected chi connectivity index (χ1v) is 8.48. The van der Waals surface area contributed by atoms with Gasteiger partial charge in [0.25, 0.3) is 0 Å². The van der Waals surface area contributed by atoms with Gasteiger partial charge in [0.05, 0.1) is 31.4 Å². The molecule has 0 bridgehead atoms. The first-order chi connectivity index (χ1) is 12.6. The Bertz CT molecular complexity index is 770. The Morgan fingerprint density at radius 3 is 3.12 bits per heavy atom. The number of fused-ring (bicyclic) bond motifs is 1. The molecule has 140 valence electrons. The summed E-state index contributed by atoms with van der Waals surface area (Å²) < 4.78 is 10.8. The molecule has 0 aliphatic carbocycles. The van der Waals surface area contributed by atoms with Gasteiger partial charge < -0.3 is 25.0 Å². The Morgan fingerprint density at radius 1 is 1.50 bits per heavy atom.